The van der Waals surface area contributed by atoms with Crippen molar-refractivity contribution in [2.45, 2.75) is 13.0 Å². The maximum absolute atomic E-state index is 5.30. The molecule has 0 saturated carbocycles. The van der Waals surface area contributed by atoms with Gasteiger partial charge in [-0.25, -0.2) is 0 Å². The molecule has 0 aliphatic rings. The number of aliphatic imine (C=N–C) groups is 1. The summed E-state index contributed by atoms with van der Waals surface area (Å²) in [5, 5.41) is 3.32. The Morgan fingerprint density at radius 1 is 1.42 bits per heavy atom. The van der Waals surface area contributed by atoms with Gasteiger partial charge in [0, 0.05) is 39.0 Å². The topological polar surface area (TPSA) is 56.6 Å². The first-order chi connectivity index (χ1) is 9.29. The van der Waals surface area contributed by atoms with Gasteiger partial charge in [-0.05, 0) is 24.3 Å². The fourth-order valence-corrected chi connectivity index (χ4v) is 1.93. The van der Waals surface area contributed by atoms with Crippen LogP contribution in [0.5, 0.6) is 0 Å². The van der Waals surface area contributed by atoms with Crippen molar-refractivity contribution in [3.63, 3.8) is 0 Å². The minimum atomic E-state index is 0.799. The number of guanidine groups is 1. The van der Waals surface area contributed by atoms with Crippen LogP contribution in [0.4, 0.5) is 0 Å². The lowest BCUT2D eigenvalue weighted by Gasteiger charge is -2.21. The van der Waals surface area contributed by atoms with Gasteiger partial charge < -0.3 is 19.6 Å². The predicted octanol–water partition coefficient (Wildman–Crippen LogP) is 1.86. The van der Waals surface area contributed by atoms with E-state index in [1.165, 1.54) is 0 Å². The number of nitrogens with zero attached hydrogens (tertiary/aromatic N) is 2. The molecule has 0 spiro atoms. The van der Waals surface area contributed by atoms with Gasteiger partial charge >= 0.3 is 0 Å². The molecule has 0 radical (unpaired) electrons. The summed E-state index contributed by atoms with van der Waals surface area (Å²) in [5.74, 6) is 1.86. The molecule has 2 heterocycles. The number of hydrogen-bond donors (Lipinski definition) is 2. The summed E-state index contributed by atoms with van der Waals surface area (Å²) >= 11 is 0. The molecule has 0 bridgehead atoms. The van der Waals surface area contributed by atoms with Crippen LogP contribution >= 0.6 is 0 Å². The standard InChI is InChI=1S/C14H20N4O/c1-15-14(17-9-7-13-6-4-10-19-13)18(2)11-12-5-3-8-16-12/h3-6,8,10,16H,7,9,11H2,1-2H3,(H,15,17). The predicted molar refractivity (Wildman–Crippen MR) is 76.0 cm³/mol. The Morgan fingerprint density at radius 3 is 2.95 bits per heavy atom. The van der Waals surface area contributed by atoms with Gasteiger partial charge in [0.25, 0.3) is 0 Å². The summed E-state index contributed by atoms with van der Waals surface area (Å²) in [6, 6.07) is 7.94. The van der Waals surface area contributed by atoms with E-state index in [2.05, 4.69) is 26.3 Å². The number of hydrogen-bond acceptors (Lipinski definition) is 2. The number of furan rings is 1. The van der Waals surface area contributed by atoms with Crippen molar-refractivity contribution in [3.05, 3.63) is 48.2 Å². The van der Waals surface area contributed by atoms with Gasteiger partial charge in [-0.15, -0.1) is 0 Å². The fourth-order valence-electron chi connectivity index (χ4n) is 1.93. The van der Waals surface area contributed by atoms with Crippen LogP contribution in [0.2, 0.25) is 0 Å². The molecular formula is C14H20N4O. The second-order valence-corrected chi connectivity index (χ2v) is 4.35. The van der Waals surface area contributed by atoms with Crippen LogP contribution in [0.25, 0.3) is 0 Å². The van der Waals surface area contributed by atoms with E-state index in [-0.39, 0.29) is 0 Å². The van der Waals surface area contributed by atoms with Gasteiger partial charge in [-0.3, -0.25) is 4.99 Å². The number of rotatable bonds is 5. The second kappa shape index (κ2) is 6.68. The maximum Gasteiger partial charge on any atom is 0.193 e. The molecule has 0 atom stereocenters. The molecule has 0 unspecified atom stereocenters. The first kappa shape index (κ1) is 13.3. The third-order valence-electron chi connectivity index (χ3n) is 2.88. The summed E-state index contributed by atoms with van der Waals surface area (Å²) in [7, 11) is 3.81. The van der Waals surface area contributed by atoms with Crippen molar-refractivity contribution < 1.29 is 4.42 Å². The summed E-state index contributed by atoms with van der Waals surface area (Å²) < 4.78 is 5.30. The molecule has 102 valence electrons. The van der Waals surface area contributed by atoms with E-state index in [0.29, 0.717) is 0 Å². The highest BCUT2D eigenvalue weighted by molar-refractivity contribution is 5.79. The van der Waals surface area contributed by atoms with Crippen LogP contribution < -0.4 is 5.32 Å². The van der Waals surface area contributed by atoms with E-state index in [4.69, 9.17) is 4.42 Å². The van der Waals surface area contributed by atoms with Crippen LogP contribution in [0, 0.1) is 0 Å². The van der Waals surface area contributed by atoms with E-state index in [0.717, 1.165) is 36.9 Å². The molecule has 0 amide bonds. The van der Waals surface area contributed by atoms with Crippen molar-refractivity contribution in [2.75, 3.05) is 20.6 Å². The monoisotopic (exact) mass is 260 g/mol. The average molecular weight is 260 g/mol. The SMILES string of the molecule is CN=C(NCCc1ccco1)N(C)Cc1ccc[nH]1. The third-order valence-corrected chi connectivity index (χ3v) is 2.88. The molecule has 0 saturated heterocycles. The smallest absolute Gasteiger partial charge is 0.193 e. The lowest BCUT2D eigenvalue weighted by atomic mass is 10.3. The number of aromatic amines is 1. The molecule has 0 aromatic carbocycles. The van der Waals surface area contributed by atoms with Gasteiger partial charge in [-0.2, -0.15) is 0 Å². The van der Waals surface area contributed by atoms with Crippen LogP contribution in [0.15, 0.2) is 46.1 Å². The zero-order valence-corrected chi connectivity index (χ0v) is 11.4. The third kappa shape index (κ3) is 3.91. The van der Waals surface area contributed by atoms with Gasteiger partial charge in [0.1, 0.15) is 5.76 Å². The minimum Gasteiger partial charge on any atom is -0.469 e. The van der Waals surface area contributed by atoms with Gasteiger partial charge in [0.05, 0.1) is 12.8 Å². The Labute approximate surface area is 113 Å². The van der Waals surface area contributed by atoms with E-state index < -0.39 is 0 Å². The summed E-state index contributed by atoms with van der Waals surface area (Å²) in [6.07, 6.45) is 4.47. The Balaban J connectivity index is 1.79. The molecule has 2 aromatic heterocycles. The van der Waals surface area contributed by atoms with Gasteiger partial charge in [-0.1, -0.05) is 0 Å². The zero-order valence-electron chi connectivity index (χ0n) is 11.4. The molecule has 2 N–H and O–H groups in total. The van der Waals surface area contributed by atoms with Crippen LogP contribution in [0.3, 0.4) is 0 Å². The second-order valence-electron chi connectivity index (χ2n) is 4.35. The van der Waals surface area contributed by atoms with Crippen molar-refractivity contribution >= 4 is 5.96 Å². The normalized spacial score (nSPS) is 11.6. The lowest BCUT2D eigenvalue weighted by Crippen LogP contribution is -2.39. The highest BCUT2D eigenvalue weighted by Crippen LogP contribution is 2.01. The van der Waals surface area contributed by atoms with E-state index in [1.807, 2.05) is 31.4 Å². The van der Waals surface area contributed by atoms with Crippen LogP contribution in [0.1, 0.15) is 11.5 Å². The average Bonchev–Trinajstić information content (AvgIpc) is 3.07. The summed E-state index contributed by atoms with van der Waals surface area (Å²) in [5.41, 5.74) is 1.16. The lowest BCUT2D eigenvalue weighted by molar-refractivity contribution is 0.465. The molecule has 0 aliphatic heterocycles. The van der Waals surface area contributed by atoms with Crippen molar-refractivity contribution in [2.24, 2.45) is 4.99 Å². The Hall–Kier alpha value is -2.17. The fraction of sp³-hybridized carbons (Fsp3) is 0.357. The van der Waals surface area contributed by atoms with E-state index >= 15 is 0 Å². The quantitative estimate of drug-likeness (QED) is 0.637. The Kier molecular flexibility index (Phi) is 4.66. The molecule has 2 aromatic rings. The van der Waals surface area contributed by atoms with Crippen molar-refractivity contribution in [3.8, 4) is 0 Å². The Bertz CT molecular complexity index is 488. The maximum atomic E-state index is 5.30. The van der Waals surface area contributed by atoms with Gasteiger partial charge in [0.2, 0.25) is 0 Å². The number of aromatic nitrogens is 1. The molecule has 5 nitrogen and oxygen atoms in total. The molecule has 0 fully saturated rings. The van der Waals surface area contributed by atoms with Crippen LogP contribution in [-0.2, 0) is 13.0 Å². The van der Waals surface area contributed by atoms with E-state index in [9.17, 15) is 0 Å². The molecule has 2 rings (SSSR count). The number of H-pyrrole nitrogens is 1. The molecular weight excluding hydrogens is 240 g/mol. The molecule has 19 heavy (non-hydrogen) atoms. The summed E-state index contributed by atoms with van der Waals surface area (Å²) in [6.45, 7) is 1.60. The highest BCUT2D eigenvalue weighted by atomic mass is 16.3. The highest BCUT2D eigenvalue weighted by Gasteiger charge is 2.06. The molecule has 5 heteroatoms. The minimum absolute atomic E-state index is 0.799. The van der Waals surface area contributed by atoms with Gasteiger partial charge in [0.15, 0.2) is 5.96 Å². The first-order valence-corrected chi connectivity index (χ1v) is 6.36. The number of nitrogens with one attached hydrogen (secondary N) is 2. The van der Waals surface area contributed by atoms with E-state index in [1.54, 1.807) is 13.3 Å². The zero-order chi connectivity index (χ0) is 13.5. The first-order valence-electron chi connectivity index (χ1n) is 6.36. The summed E-state index contributed by atoms with van der Waals surface area (Å²) in [4.78, 5) is 9.54. The molecule has 0 aliphatic carbocycles. The Morgan fingerprint density at radius 2 is 2.32 bits per heavy atom. The van der Waals surface area contributed by atoms with Crippen molar-refractivity contribution in [1.29, 1.82) is 0 Å². The van der Waals surface area contributed by atoms with Crippen LogP contribution in [-0.4, -0.2) is 36.5 Å². The van der Waals surface area contributed by atoms with Crippen molar-refractivity contribution in [1.82, 2.24) is 15.2 Å². The largest absolute Gasteiger partial charge is 0.469 e.